The second kappa shape index (κ2) is 8.13. The molecule has 27 heavy (non-hydrogen) atoms. The Bertz CT molecular complexity index is 910. The highest BCUT2D eigenvalue weighted by atomic mass is 32.2. The molecule has 6 heteroatoms. The van der Waals surface area contributed by atoms with Crippen LogP contribution in [0.25, 0.3) is 0 Å². The van der Waals surface area contributed by atoms with Gasteiger partial charge < -0.3 is 5.32 Å². The Balaban J connectivity index is 1.75. The molecule has 1 amide bonds. The van der Waals surface area contributed by atoms with Crippen molar-refractivity contribution in [1.29, 1.82) is 0 Å². The number of hydrogen-bond acceptors (Lipinski definition) is 3. The van der Waals surface area contributed by atoms with Crippen molar-refractivity contribution in [1.82, 2.24) is 0 Å². The molecule has 1 heterocycles. The topological polar surface area (TPSA) is 66.5 Å². The number of aryl methyl sites for hydroxylation is 1. The van der Waals surface area contributed by atoms with Gasteiger partial charge in [0.2, 0.25) is 15.9 Å². The zero-order valence-corrected chi connectivity index (χ0v) is 16.6. The van der Waals surface area contributed by atoms with Crippen molar-refractivity contribution < 1.29 is 13.2 Å². The van der Waals surface area contributed by atoms with Gasteiger partial charge in [0.15, 0.2) is 0 Å². The second-order valence-electron chi connectivity index (χ2n) is 7.18. The number of hydrogen-bond donors (Lipinski definition) is 1. The molecule has 0 aromatic heterocycles. The van der Waals surface area contributed by atoms with E-state index in [1.54, 1.807) is 6.07 Å². The molecule has 1 aliphatic heterocycles. The molecule has 144 valence electrons. The van der Waals surface area contributed by atoms with Gasteiger partial charge in [-0.05, 0) is 49.4 Å². The van der Waals surface area contributed by atoms with Gasteiger partial charge in [-0.15, -0.1) is 0 Å². The highest BCUT2D eigenvalue weighted by Gasteiger charge is 2.27. The van der Waals surface area contributed by atoms with Crippen molar-refractivity contribution in [2.24, 2.45) is 5.92 Å². The zero-order chi connectivity index (χ0) is 19.4. The van der Waals surface area contributed by atoms with Crippen molar-refractivity contribution in [3.05, 3.63) is 59.7 Å². The molecule has 3 rings (SSSR count). The average molecular weight is 387 g/mol. The van der Waals surface area contributed by atoms with Crippen LogP contribution in [0, 0.1) is 12.8 Å². The summed E-state index contributed by atoms with van der Waals surface area (Å²) in [7, 11) is -3.28. The van der Waals surface area contributed by atoms with E-state index in [4.69, 9.17) is 0 Å². The minimum absolute atomic E-state index is 0.0739. The normalized spacial score (nSPS) is 17.3. The van der Waals surface area contributed by atoms with Crippen LogP contribution in [-0.4, -0.2) is 26.6 Å². The van der Waals surface area contributed by atoms with Gasteiger partial charge in [0.1, 0.15) is 0 Å². The number of nitrogens with one attached hydrogen (secondary N) is 1. The highest BCUT2D eigenvalue weighted by Crippen LogP contribution is 2.29. The summed E-state index contributed by atoms with van der Waals surface area (Å²) in [6, 6.07) is 15.3. The predicted molar refractivity (Wildman–Crippen MR) is 109 cm³/mol. The average Bonchev–Trinajstić information content (AvgIpc) is 2.64. The number of nitrogens with zero attached hydrogens (tertiary/aromatic N) is 1. The molecular formula is C21H26N2O3S. The number of amides is 1. The molecule has 5 nitrogen and oxygen atoms in total. The molecule has 0 bridgehead atoms. The van der Waals surface area contributed by atoms with Crippen LogP contribution >= 0.6 is 0 Å². The van der Waals surface area contributed by atoms with Gasteiger partial charge in [-0.25, -0.2) is 8.42 Å². The standard InChI is InChI=1S/C21H26N2O3S/c1-16-10-11-19(15-20(16)23-12-6-7-13-27(23,25)26)22-21(24)17(2)14-18-8-4-3-5-9-18/h3-5,8-11,15,17H,6-7,12-14H2,1-2H3,(H,22,24). The summed E-state index contributed by atoms with van der Waals surface area (Å²) in [6.45, 7) is 4.28. The first-order chi connectivity index (χ1) is 12.9. The van der Waals surface area contributed by atoms with Crippen LogP contribution in [0.5, 0.6) is 0 Å². The van der Waals surface area contributed by atoms with Gasteiger partial charge >= 0.3 is 0 Å². The Kier molecular flexibility index (Phi) is 5.85. The van der Waals surface area contributed by atoms with Crippen LogP contribution in [0.2, 0.25) is 0 Å². The monoisotopic (exact) mass is 386 g/mol. The Morgan fingerprint density at radius 2 is 1.89 bits per heavy atom. The van der Waals surface area contributed by atoms with Gasteiger partial charge in [-0.3, -0.25) is 9.10 Å². The largest absolute Gasteiger partial charge is 0.326 e. The van der Waals surface area contributed by atoms with Crippen molar-refractivity contribution >= 4 is 27.3 Å². The van der Waals surface area contributed by atoms with Crippen molar-refractivity contribution in [3.8, 4) is 0 Å². The van der Waals surface area contributed by atoms with Crippen LogP contribution in [0.3, 0.4) is 0 Å². The predicted octanol–water partition coefficient (Wildman–Crippen LogP) is 3.74. The number of carbonyl (C=O) groups excluding carboxylic acids is 1. The van der Waals surface area contributed by atoms with E-state index in [0.717, 1.165) is 17.5 Å². The Hall–Kier alpha value is -2.34. The molecule has 1 saturated heterocycles. The maximum atomic E-state index is 12.6. The maximum Gasteiger partial charge on any atom is 0.235 e. The number of sulfonamides is 1. The Labute approximate surface area is 161 Å². The molecule has 0 radical (unpaired) electrons. The molecule has 1 aliphatic rings. The molecule has 1 atom stereocenters. The summed E-state index contributed by atoms with van der Waals surface area (Å²) in [5, 5.41) is 2.94. The SMILES string of the molecule is Cc1ccc(NC(=O)C(C)Cc2ccccc2)cc1N1CCCCS1(=O)=O. The summed E-state index contributed by atoms with van der Waals surface area (Å²) < 4.78 is 26.3. The molecule has 1 unspecified atom stereocenters. The lowest BCUT2D eigenvalue weighted by Crippen LogP contribution is -2.38. The summed E-state index contributed by atoms with van der Waals surface area (Å²) in [6.07, 6.45) is 2.21. The Morgan fingerprint density at radius 3 is 2.59 bits per heavy atom. The highest BCUT2D eigenvalue weighted by molar-refractivity contribution is 7.92. The van der Waals surface area contributed by atoms with Gasteiger partial charge in [0.05, 0.1) is 11.4 Å². The van der Waals surface area contributed by atoms with E-state index < -0.39 is 10.0 Å². The Morgan fingerprint density at radius 1 is 1.15 bits per heavy atom. The molecule has 0 saturated carbocycles. The van der Waals surface area contributed by atoms with Crippen LogP contribution in [0.1, 0.15) is 30.9 Å². The fraction of sp³-hybridized carbons (Fsp3) is 0.381. The summed E-state index contributed by atoms with van der Waals surface area (Å²) in [5.74, 6) is -0.0806. The van der Waals surface area contributed by atoms with Gasteiger partial charge in [0.25, 0.3) is 0 Å². The third-order valence-electron chi connectivity index (χ3n) is 4.93. The molecule has 0 aliphatic carbocycles. The van der Waals surface area contributed by atoms with Crippen molar-refractivity contribution in [2.75, 3.05) is 21.9 Å². The van der Waals surface area contributed by atoms with Gasteiger partial charge in [-0.1, -0.05) is 43.3 Å². The van der Waals surface area contributed by atoms with Crippen LogP contribution in [-0.2, 0) is 21.2 Å². The van der Waals surface area contributed by atoms with E-state index in [0.29, 0.717) is 30.8 Å². The number of carbonyl (C=O) groups is 1. The minimum Gasteiger partial charge on any atom is -0.326 e. The van der Waals surface area contributed by atoms with E-state index in [1.165, 1.54) is 4.31 Å². The van der Waals surface area contributed by atoms with Crippen LogP contribution in [0.15, 0.2) is 48.5 Å². The van der Waals surface area contributed by atoms with E-state index in [9.17, 15) is 13.2 Å². The smallest absolute Gasteiger partial charge is 0.235 e. The fourth-order valence-corrected chi connectivity index (χ4v) is 5.03. The quantitative estimate of drug-likeness (QED) is 0.851. The molecule has 2 aromatic rings. The summed E-state index contributed by atoms with van der Waals surface area (Å²) in [4.78, 5) is 12.6. The number of rotatable bonds is 5. The first kappa shape index (κ1) is 19.4. The first-order valence-corrected chi connectivity index (χ1v) is 10.9. The first-order valence-electron chi connectivity index (χ1n) is 9.33. The van der Waals surface area contributed by atoms with Crippen LogP contribution in [0.4, 0.5) is 11.4 Å². The van der Waals surface area contributed by atoms with Gasteiger partial charge in [-0.2, -0.15) is 0 Å². The molecule has 1 N–H and O–H groups in total. The van der Waals surface area contributed by atoms with Crippen molar-refractivity contribution in [2.45, 2.75) is 33.1 Å². The summed E-state index contributed by atoms with van der Waals surface area (Å²) >= 11 is 0. The number of anilines is 2. The van der Waals surface area contributed by atoms with E-state index in [2.05, 4.69) is 5.32 Å². The molecule has 1 fully saturated rings. The lowest BCUT2D eigenvalue weighted by atomic mass is 10.0. The molecule has 2 aromatic carbocycles. The van der Waals surface area contributed by atoms with E-state index in [1.807, 2.05) is 56.3 Å². The van der Waals surface area contributed by atoms with E-state index >= 15 is 0 Å². The van der Waals surface area contributed by atoms with Crippen molar-refractivity contribution in [3.63, 3.8) is 0 Å². The van der Waals surface area contributed by atoms with E-state index in [-0.39, 0.29) is 17.6 Å². The molecule has 0 spiro atoms. The van der Waals surface area contributed by atoms with Crippen LogP contribution < -0.4 is 9.62 Å². The third kappa shape index (κ3) is 4.69. The molecular weight excluding hydrogens is 360 g/mol. The number of benzene rings is 2. The van der Waals surface area contributed by atoms with Gasteiger partial charge in [0, 0.05) is 18.2 Å². The maximum absolute atomic E-state index is 12.6. The summed E-state index contributed by atoms with van der Waals surface area (Å²) in [5.41, 5.74) is 3.28. The minimum atomic E-state index is -3.28. The lowest BCUT2D eigenvalue weighted by molar-refractivity contribution is -0.119. The zero-order valence-electron chi connectivity index (χ0n) is 15.8. The third-order valence-corrected chi connectivity index (χ3v) is 6.78. The lowest BCUT2D eigenvalue weighted by Gasteiger charge is -2.30. The second-order valence-corrected chi connectivity index (χ2v) is 9.19. The fourth-order valence-electron chi connectivity index (χ4n) is 3.34.